The molecule has 0 amide bonds. The van der Waals surface area contributed by atoms with Gasteiger partial charge >= 0.3 is 0 Å². The Morgan fingerprint density at radius 3 is 2.40 bits per heavy atom. The number of hydrogen-bond donors (Lipinski definition) is 0. The second-order valence-electron chi connectivity index (χ2n) is 5.46. The summed E-state index contributed by atoms with van der Waals surface area (Å²) in [6.45, 7) is 0.949. The van der Waals surface area contributed by atoms with Crippen LogP contribution in [0.25, 0.3) is 11.3 Å². The first-order chi connectivity index (χ1) is 9.92. The monoisotopic (exact) mass is 259 g/mol. The van der Waals surface area contributed by atoms with Crippen molar-refractivity contribution in [3.05, 3.63) is 83.6 Å². The Morgan fingerprint density at radius 1 is 0.750 bits per heavy atom. The summed E-state index contributed by atoms with van der Waals surface area (Å²) in [4.78, 5) is 0. The number of fused-ring (bicyclic) bond motifs is 3. The van der Waals surface area contributed by atoms with E-state index in [-0.39, 0.29) is 0 Å². The minimum atomic E-state index is 0.949. The lowest BCUT2D eigenvalue weighted by Gasteiger charge is -2.19. The van der Waals surface area contributed by atoms with Gasteiger partial charge in [0.2, 0.25) is 0 Å². The molecule has 0 unspecified atom stereocenters. The van der Waals surface area contributed by atoms with Gasteiger partial charge in [-0.2, -0.15) is 0 Å². The van der Waals surface area contributed by atoms with Gasteiger partial charge in [-0.15, -0.1) is 0 Å². The molecular formula is C19H17N. The van der Waals surface area contributed by atoms with Crippen LogP contribution >= 0.6 is 0 Å². The Kier molecular flexibility index (Phi) is 2.70. The van der Waals surface area contributed by atoms with Crippen LogP contribution < -0.4 is 0 Å². The molecule has 0 radical (unpaired) electrons. The van der Waals surface area contributed by atoms with Crippen LogP contribution in [0.1, 0.15) is 16.7 Å². The van der Waals surface area contributed by atoms with Gasteiger partial charge in [0.25, 0.3) is 0 Å². The highest BCUT2D eigenvalue weighted by molar-refractivity contribution is 5.70. The Morgan fingerprint density at radius 2 is 1.50 bits per heavy atom. The van der Waals surface area contributed by atoms with Gasteiger partial charge in [-0.3, -0.25) is 0 Å². The standard InChI is InChI=1S/C19H17N/c1-2-6-15(7-3-1)14-20-13-12-17-11-10-16-8-4-5-9-18(16)19(17)20/h1-9,12-13H,10-11,14H2. The summed E-state index contributed by atoms with van der Waals surface area (Å²) in [5, 5.41) is 0. The Balaban J connectivity index is 1.80. The van der Waals surface area contributed by atoms with E-state index in [1.165, 1.54) is 34.4 Å². The molecule has 1 aromatic heterocycles. The zero-order chi connectivity index (χ0) is 13.4. The number of hydrogen-bond acceptors (Lipinski definition) is 0. The Labute approximate surface area is 119 Å². The highest BCUT2D eigenvalue weighted by Crippen LogP contribution is 2.34. The number of aryl methyl sites for hydroxylation is 2. The number of nitrogens with zero attached hydrogens (tertiary/aromatic N) is 1. The third kappa shape index (κ3) is 1.87. The van der Waals surface area contributed by atoms with Gasteiger partial charge in [-0.1, -0.05) is 54.6 Å². The first-order valence-electron chi connectivity index (χ1n) is 7.22. The van der Waals surface area contributed by atoms with Crippen LogP contribution in [-0.2, 0) is 19.4 Å². The van der Waals surface area contributed by atoms with E-state index < -0.39 is 0 Å². The number of benzene rings is 2. The maximum atomic E-state index is 2.39. The lowest BCUT2D eigenvalue weighted by Crippen LogP contribution is -2.07. The van der Waals surface area contributed by atoms with Crippen molar-refractivity contribution in [2.45, 2.75) is 19.4 Å². The summed E-state index contributed by atoms with van der Waals surface area (Å²) in [5.74, 6) is 0. The minimum Gasteiger partial charge on any atom is -0.343 e. The molecule has 0 aliphatic heterocycles. The normalized spacial score (nSPS) is 12.8. The molecule has 0 spiro atoms. The molecule has 2 aromatic carbocycles. The van der Waals surface area contributed by atoms with Crippen LogP contribution in [0.2, 0.25) is 0 Å². The van der Waals surface area contributed by atoms with E-state index >= 15 is 0 Å². The average molecular weight is 259 g/mol. The zero-order valence-electron chi connectivity index (χ0n) is 11.4. The van der Waals surface area contributed by atoms with E-state index in [0.717, 1.165) is 13.0 Å². The predicted molar refractivity (Wildman–Crippen MR) is 82.8 cm³/mol. The second-order valence-corrected chi connectivity index (χ2v) is 5.46. The quantitative estimate of drug-likeness (QED) is 0.646. The highest BCUT2D eigenvalue weighted by Gasteiger charge is 2.19. The summed E-state index contributed by atoms with van der Waals surface area (Å²) in [7, 11) is 0. The lowest BCUT2D eigenvalue weighted by atomic mass is 9.90. The molecule has 1 aliphatic carbocycles. The summed E-state index contributed by atoms with van der Waals surface area (Å²) in [6.07, 6.45) is 4.56. The maximum Gasteiger partial charge on any atom is 0.0518 e. The topological polar surface area (TPSA) is 4.93 Å². The van der Waals surface area contributed by atoms with Crippen molar-refractivity contribution in [2.24, 2.45) is 0 Å². The smallest absolute Gasteiger partial charge is 0.0518 e. The van der Waals surface area contributed by atoms with Crippen LogP contribution in [0.3, 0.4) is 0 Å². The fourth-order valence-electron chi connectivity index (χ4n) is 3.20. The van der Waals surface area contributed by atoms with Crippen molar-refractivity contribution < 1.29 is 0 Å². The molecule has 0 bridgehead atoms. The lowest BCUT2D eigenvalue weighted by molar-refractivity contribution is 0.800. The molecule has 98 valence electrons. The van der Waals surface area contributed by atoms with Gasteiger partial charge in [0.1, 0.15) is 0 Å². The molecule has 0 saturated heterocycles. The first-order valence-corrected chi connectivity index (χ1v) is 7.22. The van der Waals surface area contributed by atoms with Crippen LogP contribution in [0.15, 0.2) is 66.9 Å². The molecular weight excluding hydrogens is 242 g/mol. The predicted octanol–water partition coefficient (Wildman–Crippen LogP) is 4.30. The van der Waals surface area contributed by atoms with Gasteiger partial charge in [-0.05, 0) is 35.6 Å². The first kappa shape index (κ1) is 11.5. The van der Waals surface area contributed by atoms with Crippen molar-refractivity contribution in [2.75, 3.05) is 0 Å². The van der Waals surface area contributed by atoms with Crippen molar-refractivity contribution in [1.29, 1.82) is 0 Å². The number of aromatic nitrogens is 1. The van der Waals surface area contributed by atoms with Crippen LogP contribution in [0.5, 0.6) is 0 Å². The van der Waals surface area contributed by atoms with Gasteiger partial charge < -0.3 is 4.57 Å². The molecule has 4 rings (SSSR count). The fraction of sp³-hybridized carbons (Fsp3) is 0.158. The van der Waals surface area contributed by atoms with Gasteiger partial charge in [0.15, 0.2) is 0 Å². The molecule has 0 fully saturated rings. The molecule has 0 atom stereocenters. The summed E-state index contributed by atoms with van der Waals surface area (Å²) >= 11 is 0. The third-order valence-electron chi connectivity index (χ3n) is 4.18. The summed E-state index contributed by atoms with van der Waals surface area (Å²) in [6, 6.07) is 21.8. The molecule has 1 nitrogen and oxygen atoms in total. The van der Waals surface area contributed by atoms with E-state index in [1.807, 2.05) is 0 Å². The van der Waals surface area contributed by atoms with E-state index in [0.29, 0.717) is 0 Å². The second kappa shape index (κ2) is 4.68. The van der Waals surface area contributed by atoms with Crippen LogP contribution in [0, 0.1) is 0 Å². The zero-order valence-corrected chi connectivity index (χ0v) is 11.4. The van der Waals surface area contributed by atoms with Crippen molar-refractivity contribution in [3.8, 4) is 11.3 Å². The highest BCUT2D eigenvalue weighted by atomic mass is 15.0. The number of rotatable bonds is 2. The summed E-state index contributed by atoms with van der Waals surface area (Å²) in [5.41, 5.74) is 7.15. The SMILES string of the molecule is c1ccc(Cn2ccc3c2-c2ccccc2CC3)cc1. The van der Waals surface area contributed by atoms with Gasteiger partial charge in [0.05, 0.1) is 5.69 Å². The molecule has 20 heavy (non-hydrogen) atoms. The van der Waals surface area contributed by atoms with Crippen LogP contribution in [-0.4, -0.2) is 4.57 Å². The fourth-order valence-corrected chi connectivity index (χ4v) is 3.20. The molecule has 3 aromatic rings. The third-order valence-corrected chi connectivity index (χ3v) is 4.18. The van der Waals surface area contributed by atoms with E-state index in [4.69, 9.17) is 0 Å². The Hall–Kier alpha value is -2.28. The maximum absolute atomic E-state index is 2.39. The minimum absolute atomic E-state index is 0.949. The van der Waals surface area contributed by atoms with Gasteiger partial charge in [-0.25, -0.2) is 0 Å². The van der Waals surface area contributed by atoms with E-state index in [1.54, 1.807) is 0 Å². The molecule has 0 saturated carbocycles. The van der Waals surface area contributed by atoms with Crippen molar-refractivity contribution in [1.82, 2.24) is 4.57 Å². The molecule has 0 N–H and O–H groups in total. The van der Waals surface area contributed by atoms with E-state index in [9.17, 15) is 0 Å². The van der Waals surface area contributed by atoms with Crippen molar-refractivity contribution >= 4 is 0 Å². The Bertz CT molecular complexity index is 737. The average Bonchev–Trinajstić information content (AvgIpc) is 2.92. The van der Waals surface area contributed by atoms with E-state index in [2.05, 4.69) is 71.4 Å². The summed E-state index contributed by atoms with van der Waals surface area (Å²) < 4.78 is 2.39. The largest absolute Gasteiger partial charge is 0.343 e. The molecule has 1 aliphatic rings. The van der Waals surface area contributed by atoms with Crippen LogP contribution in [0.4, 0.5) is 0 Å². The molecule has 1 heteroatoms. The van der Waals surface area contributed by atoms with Crippen molar-refractivity contribution in [3.63, 3.8) is 0 Å². The van der Waals surface area contributed by atoms with Gasteiger partial charge in [0, 0.05) is 18.3 Å². The molecule has 1 heterocycles.